The summed E-state index contributed by atoms with van der Waals surface area (Å²) in [6, 6.07) is 0. The van der Waals surface area contributed by atoms with Crippen LogP contribution in [-0.4, -0.2) is 69.1 Å². The van der Waals surface area contributed by atoms with E-state index in [0.29, 0.717) is 31.3 Å². The molecule has 2 aliphatic rings. The first kappa shape index (κ1) is 35.2. The molecule has 7 atom stereocenters. The lowest BCUT2D eigenvalue weighted by Gasteiger charge is -2.22. The highest BCUT2D eigenvalue weighted by molar-refractivity contribution is 5.90. The van der Waals surface area contributed by atoms with Crippen molar-refractivity contribution in [2.45, 2.75) is 191 Å². The molecule has 0 aromatic heterocycles. The molecule has 0 amide bonds. The van der Waals surface area contributed by atoms with Gasteiger partial charge in [-0.2, -0.15) is 0 Å². The number of aliphatic hydroxyl groups is 4. The van der Waals surface area contributed by atoms with Gasteiger partial charge in [0.05, 0.1) is 36.6 Å². The highest BCUT2D eigenvalue weighted by Gasteiger charge is 2.31. The van der Waals surface area contributed by atoms with Gasteiger partial charge in [-0.25, -0.2) is 4.79 Å². The van der Waals surface area contributed by atoms with Crippen LogP contribution in [0.4, 0.5) is 0 Å². The number of cyclic esters (lactones) is 1. The first-order chi connectivity index (χ1) is 19.3. The van der Waals surface area contributed by atoms with Gasteiger partial charge in [0, 0.05) is 12.0 Å². The molecule has 2 heterocycles. The van der Waals surface area contributed by atoms with Gasteiger partial charge in [0.25, 0.3) is 0 Å². The molecule has 0 spiro atoms. The maximum atomic E-state index is 11.6. The fraction of sp³-hybridized carbons (Fsp3) is 0.909. The van der Waals surface area contributed by atoms with E-state index in [1.165, 1.54) is 51.4 Å². The maximum Gasteiger partial charge on any atom is 0.334 e. The summed E-state index contributed by atoms with van der Waals surface area (Å²) in [4.78, 5) is 11.6. The third kappa shape index (κ3) is 14.8. The molecule has 234 valence electrons. The second kappa shape index (κ2) is 20.8. The summed E-state index contributed by atoms with van der Waals surface area (Å²) >= 11 is 0. The average molecular weight is 569 g/mol. The van der Waals surface area contributed by atoms with Crippen molar-refractivity contribution in [2.24, 2.45) is 0 Å². The van der Waals surface area contributed by atoms with Crippen LogP contribution >= 0.6 is 0 Å². The standard InChI is InChI=1S/C33H60O7/c1-3-4-5-10-15-18-29(35)30(36)20-21-31(37)32-22-19-28(40-32)17-14-12-9-7-6-8-11-13-16-27(34)24-26-23-25(2)39-33(26)38/h23,25,27-32,34-37H,3-22,24H2,1-2H3/t25-,27+,28+,29+,30+,31-,32-/m0/s1. The Kier molecular flexibility index (Phi) is 18.3. The van der Waals surface area contributed by atoms with Crippen LogP contribution in [0.5, 0.6) is 0 Å². The number of hydrogen-bond donors (Lipinski definition) is 4. The van der Waals surface area contributed by atoms with E-state index in [1.54, 1.807) is 0 Å². The van der Waals surface area contributed by atoms with Crippen molar-refractivity contribution >= 4 is 5.97 Å². The lowest BCUT2D eigenvalue weighted by Crippen LogP contribution is -2.31. The summed E-state index contributed by atoms with van der Waals surface area (Å²) in [5.74, 6) is -0.282. The minimum absolute atomic E-state index is 0.144. The molecular formula is C33H60O7. The Morgan fingerprint density at radius 2 is 1.38 bits per heavy atom. The van der Waals surface area contributed by atoms with E-state index in [2.05, 4.69) is 6.92 Å². The summed E-state index contributed by atoms with van der Waals surface area (Å²) in [5.41, 5.74) is 0.615. The first-order valence-corrected chi connectivity index (χ1v) is 16.6. The van der Waals surface area contributed by atoms with Crippen molar-refractivity contribution in [2.75, 3.05) is 0 Å². The molecule has 0 radical (unpaired) electrons. The normalized spacial score (nSPS) is 24.1. The van der Waals surface area contributed by atoms with E-state index in [-0.39, 0.29) is 24.3 Å². The molecule has 1 fully saturated rings. The third-order valence-electron chi connectivity index (χ3n) is 8.64. The smallest absolute Gasteiger partial charge is 0.334 e. The minimum atomic E-state index is -0.768. The Labute approximate surface area is 243 Å². The van der Waals surface area contributed by atoms with E-state index in [9.17, 15) is 25.2 Å². The number of rotatable bonds is 24. The number of hydrogen-bond acceptors (Lipinski definition) is 7. The molecule has 0 unspecified atom stereocenters. The maximum absolute atomic E-state index is 11.6. The molecule has 4 N–H and O–H groups in total. The summed E-state index contributed by atoms with van der Waals surface area (Å²) < 4.78 is 11.2. The first-order valence-electron chi connectivity index (χ1n) is 16.6. The van der Waals surface area contributed by atoms with Crippen molar-refractivity contribution in [3.63, 3.8) is 0 Å². The zero-order chi connectivity index (χ0) is 29.2. The number of aliphatic hydroxyl groups excluding tert-OH is 4. The molecule has 0 aliphatic carbocycles. The van der Waals surface area contributed by atoms with E-state index >= 15 is 0 Å². The van der Waals surface area contributed by atoms with Crippen LogP contribution in [0.25, 0.3) is 0 Å². The number of carbonyl (C=O) groups is 1. The van der Waals surface area contributed by atoms with Crippen molar-refractivity contribution < 1.29 is 34.7 Å². The number of unbranched alkanes of at least 4 members (excludes halogenated alkanes) is 11. The molecule has 2 rings (SSSR count). The van der Waals surface area contributed by atoms with Crippen LogP contribution in [0.15, 0.2) is 11.6 Å². The topological polar surface area (TPSA) is 116 Å². The fourth-order valence-electron chi connectivity index (χ4n) is 6.05. The van der Waals surface area contributed by atoms with E-state index in [4.69, 9.17) is 9.47 Å². The zero-order valence-corrected chi connectivity index (χ0v) is 25.5. The van der Waals surface area contributed by atoms with Crippen LogP contribution in [0.1, 0.15) is 149 Å². The quantitative estimate of drug-likeness (QED) is 0.0800. The lowest BCUT2D eigenvalue weighted by atomic mass is 9.98. The Hall–Kier alpha value is -0.990. The minimum Gasteiger partial charge on any atom is -0.455 e. The molecule has 0 aromatic rings. The largest absolute Gasteiger partial charge is 0.455 e. The highest BCUT2D eigenvalue weighted by atomic mass is 16.5. The van der Waals surface area contributed by atoms with E-state index in [1.807, 2.05) is 13.0 Å². The van der Waals surface area contributed by atoms with Gasteiger partial charge in [-0.3, -0.25) is 0 Å². The predicted octanol–water partition coefficient (Wildman–Crippen LogP) is 6.28. The third-order valence-corrected chi connectivity index (χ3v) is 8.64. The van der Waals surface area contributed by atoms with Gasteiger partial charge in [-0.15, -0.1) is 0 Å². The Morgan fingerprint density at radius 3 is 2.02 bits per heavy atom. The second-order valence-corrected chi connectivity index (χ2v) is 12.4. The lowest BCUT2D eigenvalue weighted by molar-refractivity contribution is -0.139. The van der Waals surface area contributed by atoms with E-state index < -0.39 is 24.4 Å². The van der Waals surface area contributed by atoms with Crippen molar-refractivity contribution in [1.82, 2.24) is 0 Å². The van der Waals surface area contributed by atoms with Crippen molar-refractivity contribution in [3.05, 3.63) is 11.6 Å². The molecular weight excluding hydrogens is 508 g/mol. The summed E-state index contributed by atoms with van der Waals surface area (Å²) in [5, 5.41) is 41.2. The van der Waals surface area contributed by atoms with Crippen LogP contribution in [-0.2, 0) is 14.3 Å². The van der Waals surface area contributed by atoms with Crippen LogP contribution < -0.4 is 0 Å². The molecule has 0 bridgehead atoms. The van der Waals surface area contributed by atoms with E-state index in [0.717, 1.165) is 57.8 Å². The van der Waals surface area contributed by atoms with Crippen molar-refractivity contribution in [1.29, 1.82) is 0 Å². The van der Waals surface area contributed by atoms with Gasteiger partial charge in [0.2, 0.25) is 0 Å². The van der Waals surface area contributed by atoms with Crippen LogP contribution in [0.3, 0.4) is 0 Å². The number of esters is 1. The molecule has 7 heteroatoms. The summed E-state index contributed by atoms with van der Waals surface area (Å²) in [7, 11) is 0. The van der Waals surface area contributed by atoms with Gasteiger partial charge < -0.3 is 29.9 Å². The van der Waals surface area contributed by atoms with Crippen LogP contribution in [0, 0.1) is 0 Å². The monoisotopic (exact) mass is 568 g/mol. The Balaban J connectivity index is 1.40. The molecule has 2 aliphatic heterocycles. The van der Waals surface area contributed by atoms with Gasteiger partial charge >= 0.3 is 5.97 Å². The van der Waals surface area contributed by atoms with Crippen molar-refractivity contribution in [3.8, 4) is 0 Å². The van der Waals surface area contributed by atoms with Gasteiger partial charge in [-0.1, -0.05) is 90.4 Å². The molecule has 7 nitrogen and oxygen atoms in total. The number of carbonyl (C=O) groups excluding carboxylic acids is 1. The Morgan fingerprint density at radius 1 is 0.775 bits per heavy atom. The summed E-state index contributed by atoms with van der Waals surface area (Å²) in [6.45, 7) is 4.02. The summed E-state index contributed by atoms with van der Waals surface area (Å²) in [6.07, 6.45) is 19.8. The van der Waals surface area contributed by atoms with Crippen LogP contribution in [0.2, 0.25) is 0 Å². The second-order valence-electron chi connectivity index (χ2n) is 12.4. The molecule has 1 saturated heterocycles. The average Bonchev–Trinajstić information content (AvgIpc) is 3.53. The molecule has 0 aromatic carbocycles. The Bertz CT molecular complexity index is 696. The SMILES string of the molecule is CCCCCCC[C@@H](O)[C@H](O)CC[C@H](O)[C@@H]1CC[C@@H](CCCCCCCCCC[C@@H](O)CC2=C[C@H](C)OC2=O)O1. The van der Waals surface area contributed by atoms with Gasteiger partial charge in [0.1, 0.15) is 6.10 Å². The predicted molar refractivity (Wildman–Crippen MR) is 159 cm³/mol. The number of ether oxygens (including phenoxy) is 2. The molecule has 0 saturated carbocycles. The molecule has 40 heavy (non-hydrogen) atoms. The van der Waals surface area contributed by atoms with Gasteiger partial charge in [0.15, 0.2) is 0 Å². The zero-order valence-electron chi connectivity index (χ0n) is 25.5. The highest BCUT2D eigenvalue weighted by Crippen LogP contribution is 2.28. The fourth-order valence-corrected chi connectivity index (χ4v) is 6.05. The van der Waals surface area contributed by atoms with Gasteiger partial charge in [-0.05, 0) is 57.9 Å².